The number of fused-ring (bicyclic) bond motifs is 1. The van der Waals surface area contributed by atoms with Crippen LogP contribution >= 0.6 is 11.8 Å². The molecule has 2 aromatic rings. The van der Waals surface area contributed by atoms with Crippen molar-refractivity contribution in [3.63, 3.8) is 0 Å². The molecule has 2 aromatic heterocycles. The van der Waals surface area contributed by atoms with Crippen LogP contribution in [0.3, 0.4) is 0 Å². The van der Waals surface area contributed by atoms with E-state index >= 15 is 0 Å². The number of hydrogen-bond donors (Lipinski definition) is 0. The molecule has 0 atom stereocenters. The zero-order chi connectivity index (χ0) is 18.3. The van der Waals surface area contributed by atoms with Crippen molar-refractivity contribution in [3.05, 3.63) is 20.8 Å². The summed E-state index contributed by atoms with van der Waals surface area (Å²) in [5.74, 6) is 1.04. The maximum Gasteiger partial charge on any atom is 0.332 e. The second-order valence-electron chi connectivity index (χ2n) is 6.68. The molecule has 1 fully saturated rings. The topological polar surface area (TPSA) is 82.1 Å². The Balaban J connectivity index is 1.83. The predicted molar refractivity (Wildman–Crippen MR) is 96.9 cm³/mol. The Morgan fingerprint density at radius 3 is 2.40 bits per heavy atom. The van der Waals surface area contributed by atoms with Crippen molar-refractivity contribution < 1.29 is 4.79 Å². The zero-order valence-electron chi connectivity index (χ0n) is 15.0. The van der Waals surface area contributed by atoms with Gasteiger partial charge in [0.2, 0.25) is 5.91 Å². The van der Waals surface area contributed by atoms with Crippen LogP contribution in [0.25, 0.3) is 11.2 Å². The lowest BCUT2D eigenvalue weighted by molar-refractivity contribution is -0.129. The number of nitrogens with zero attached hydrogens (tertiary/aromatic N) is 5. The summed E-state index contributed by atoms with van der Waals surface area (Å²) in [4.78, 5) is 43.0. The third-order valence-electron chi connectivity index (χ3n) is 4.88. The molecular formula is C16H23N5O3S. The minimum atomic E-state index is -0.420. The minimum Gasteiger partial charge on any atom is -0.342 e. The Hall–Kier alpha value is -2.03. The van der Waals surface area contributed by atoms with E-state index in [1.165, 1.54) is 23.4 Å². The van der Waals surface area contributed by atoms with Crippen LogP contribution in [0.1, 0.15) is 19.8 Å². The number of likely N-dealkylation sites (tertiary alicyclic amines) is 1. The lowest BCUT2D eigenvalue weighted by atomic mass is 9.99. The first-order chi connectivity index (χ1) is 11.8. The van der Waals surface area contributed by atoms with Crippen LogP contribution in [0.4, 0.5) is 0 Å². The number of carbonyl (C=O) groups is 1. The first-order valence-corrected chi connectivity index (χ1v) is 9.32. The van der Waals surface area contributed by atoms with E-state index in [2.05, 4.69) is 11.9 Å². The zero-order valence-corrected chi connectivity index (χ0v) is 15.8. The SMILES string of the molecule is CC1CCN(C(=O)CSc2nc3c(=O)n(C)c(=O)n(C)c3n2C)CC1. The number of carbonyl (C=O) groups excluding carboxylic acids is 1. The number of imidazole rings is 1. The molecule has 25 heavy (non-hydrogen) atoms. The molecule has 0 radical (unpaired) electrons. The number of aromatic nitrogens is 4. The highest BCUT2D eigenvalue weighted by Gasteiger charge is 2.22. The molecule has 1 aliphatic heterocycles. The molecule has 3 rings (SSSR count). The molecule has 9 heteroatoms. The van der Waals surface area contributed by atoms with Crippen molar-refractivity contribution in [1.29, 1.82) is 0 Å². The molecular weight excluding hydrogens is 342 g/mol. The summed E-state index contributed by atoms with van der Waals surface area (Å²) in [5, 5.41) is 0.562. The lowest BCUT2D eigenvalue weighted by Gasteiger charge is -2.30. The fourth-order valence-corrected chi connectivity index (χ4v) is 4.03. The number of rotatable bonds is 3. The molecule has 0 aliphatic carbocycles. The van der Waals surface area contributed by atoms with Gasteiger partial charge in [0.1, 0.15) is 0 Å². The standard InChI is InChI=1S/C16H23N5O3S/c1-10-5-7-21(8-6-10)11(22)9-25-15-17-12-13(18(15)2)19(3)16(24)20(4)14(12)23/h10H,5-9H2,1-4H3. The van der Waals surface area contributed by atoms with Crippen molar-refractivity contribution in [2.75, 3.05) is 18.8 Å². The second-order valence-corrected chi connectivity index (χ2v) is 7.63. The van der Waals surface area contributed by atoms with Crippen molar-refractivity contribution in [2.45, 2.75) is 24.9 Å². The van der Waals surface area contributed by atoms with Gasteiger partial charge in [0, 0.05) is 34.2 Å². The van der Waals surface area contributed by atoms with Crippen molar-refractivity contribution in [2.24, 2.45) is 27.1 Å². The van der Waals surface area contributed by atoms with Gasteiger partial charge >= 0.3 is 5.69 Å². The maximum absolute atomic E-state index is 12.4. The van der Waals surface area contributed by atoms with Crippen LogP contribution in [0.5, 0.6) is 0 Å². The predicted octanol–water partition coefficient (Wildman–Crippen LogP) is 0.321. The summed E-state index contributed by atoms with van der Waals surface area (Å²) in [7, 11) is 4.80. The van der Waals surface area contributed by atoms with Gasteiger partial charge < -0.3 is 9.47 Å². The van der Waals surface area contributed by atoms with Gasteiger partial charge in [0.05, 0.1) is 5.75 Å². The second kappa shape index (κ2) is 6.70. The van der Waals surface area contributed by atoms with Crippen LogP contribution in [0.15, 0.2) is 14.7 Å². The normalized spacial score (nSPS) is 15.9. The quantitative estimate of drug-likeness (QED) is 0.732. The average Bonchev–Trinajstić information content (AvgIpc) is 2.93. The Kier molecular flexibility index (Phi) is 4.77. The van der Waals surface area contributed by atoms with Crippen LogP contribution in [-0.4, -0.2) is 48.3 Å². The Morgan fingerprint density at radius 1 is 1.12 bits per heavy atom. The highest BCUT2D eigenvalue weighted by Crippen LogP contribution is 2.22. The average molecular weight is 365 g/mol. The number of aryl methyl sites for hydroxylation is 2. The van der Waals surface area contributed by atoms with Gasteiger partial charge in [-0.2, -0.15) is 0 Å². The first-order valence-electron chi connectivity index (χ1n) is 8.34. The summed E-state index contributed by atoms with van der Waals surface area (Å²) >= 11 is 1.30. The van der Waals surface area contributed by atoms with Crippen LogP contribution in [0.2, 0.25) is 0 Å². The highest BCUT2D eigenvalue weighted by atomic mass is 32.2. The molecule has 1 amide bonds. The maximum atomic E-state index is 12.4. The van der Waals surface area contributed by atoms with E-state index in [0.717, 1.165) is 30.5 Å². The van der Waals surface area contributed by atoms with Crippen LogP contribution in [-0.2, 0) is 25.9 Å². The van der Waals surface area contributed by atoms with E-state index in [1.54, 1.807) is 18.7 Å². The minimum absolute atomic E-state index is 0.0887. The Labute approximate surface area is 149 Å². The number of hydrogen-bond acceptors (Lipinski definition) is 5. The third-order valence-corrected chi connectivity index (χ3v) is 5.90. The van der Waals surface area contributed by atoms with E-state index in [0.29, 0.717) is 16.7 Å². The van der Waals surface area contributed by atoms with E-state index in [9.17, 15) is 14.4 Å². The fourth-order valence-electron chi connectivity index (χ4n) is 3.16. The first kappa shape index (κ1) is 17.8. The van der Waals surface area contributed by atoms with Gasteiger partial charge in [-0.3, -0.25) is 18.7 Å². The van der Waals surface area contributed by atoms with Crippen molar-refractivity contribution >= 4 is 28.8 Å². The van der Waals surface area contributed by atoms with Crippen LogP contribution in [0, 0.1) is 5.92 Å². The Morgan fingerprint density at radius 2 is 1.76 bits per heavy atom. The van der Waals surface area contributed by atoms with Gasteiger partial charge in [-0.05, 0) is 18.8 Å². The van der Waals surface area contributed by atoms with E-state index in [1.807, 2.05) is 4.90 Å². The molecule has 1 saturated heterocycles. The molecule has 0 spiro atoms. The molecule has 1 aliphatic rings. The molecule has 0 N–H and O–H groups in total. The van der Waals surface area contributed by atoms with Gasteiger partial charge in [-0.25, -0.2) is 9.78 Å². The molecule has 0 aromatic carbocycles. The lowest BCUT2D eigenvalue weighted by Crippen LogP contribution is -2.38. The van der Waals surface area contributed by atoms with E-state index in [-0.39, 0.29) is 17.2 Å². The van der Waals surface area contributed by atoms with Gasteiger partial charge in [0.15, 0.2) is 16.3 Å². The van der Waals surface area contributed by atoms with Gasteiger partial charge in [0.25, 0.3) is 5.56 Å². The van der Waals surface area contributed by atoms with Gasteiger partial charge in [-0.1, -0.05) is 18.7 Å². The van der Waals surface area contributed by atoms with E-state index in [4.69, 9.17) is 0 Å². The number of piperidine rings is 1. The smallest absolute Gasteiger partial charge is 0.332 e. The Bertz CT molecular complexity index is 934. The molecule has 0 saturated carbocycles. The molecule has 8 nitrogen and oxygen atoms in total. The fraction of sp³-hybridized carbons (Fsp3) is 0.625. The summed E-state index contributed by atoms with van der Waals surface area (Å²) in [6, 6.07) is 0. The van der Waals surface area contributed by atoms with Crippen LogP contribution < -0.4 is 11.2 Å². The summed E-state index contributed by atoms with van der Waals surface area (Å²) in [6.45, 7) is 3.82. The monoisotopic (exact) mass is 365 g/mol. The largest absolute Gasteiger partial charge is 0.342 e. The molecule has 0 bridgehead atoms. The summed E-state index contributed by atoms with van der Waals surface area (Å²) in [5.41, 5.74) is -0.101. The summed E-state index contributed by atoms with van der Waals surface area (Å²) < 4.78 is 4.15. The van der Waals surface area contributed by atoms with Crippen molar-refractivity contribution in [1.82, 2.24) is 23.6 Å². The third kappa shape index (κ3) is 3.12. The number of thioether (sulfide) groups is 1. The number of amides is 1. The van der Waals surface area contributed by atoms with E-state index < -0.39 is 11.2 Å². The highest BCUT2D eigenvalue weighted by molar-refractivity contribution is 7.99. The molecule has 136 valence electrons. The molecule has 3 heterocycles. The summed E-state index contributed by atoms with van der Waals surface area (Å²) in [6.07, 6.45) is 2.09. The molecule has 0 unspecified atom stereocenters. The van der Waals surface area contributed by atoms with Gasteiger partial charge in [-0.15, -0.1) is 0 Å². The van der Waals surface area contributed by atoms with Crippen molar-refractivity contribution in [3.8, 4) is 0 Å².